The second-order valence-electron chi connectivity index (χ2n) is 7.61. The molecule has 3 aromatic heterocycles. The zero-order chi connectivity index (χ0) is 25.7. The molecule has 0 aliphatic rings. The molecule has 36 heavy (non-hydrogen) atoms. The minimum Gasteiger partial charge on any atom is -0.305 e. The molecule has 0 radical (unpaired) electrons. The molecule has 0 spiro atoms. The highest BCUT2D eigenvalue weighted by Gasteiger charge is 2.18. The number of hydroxylamine groups is 1. The average molecular weight is 510 g/mol. The lowest BCUT2D eigenvalue weighted by molar-refractivity contribution is 0.0706. The zero-order valence-corrected chi connectivity index (χ0v) is 19.6. The van der Waals surface area contributed by atoms with Crippen molar-refractivity contribution in [3.63, 3.8) is 0 Å². The minimum absolute atomic E-state index is 0.0114. The van der Waals surface area contributed by atoms with Gasteiger partial charge in [0.05, 0.1) is 19.0 Å². The molecule has 184 valence electrons. The summed E-state index contributed by atoms with van der Waals surface area (Å²) < 4.78 is 40.0. The zero-order valence-electron chi connectivity index (χ0n) is 18.8. The van der Waals surface area contributed by atoms with Crippen molar-refractivity contribution in [3.05, 3.63) is 90.4 Å². The first-order valence-electron chi connectivity index (χ1n) is 10.4. The standard InChI is InChI=1S/C23H20FN7O4S/c1-36(34,35)30-20-5-4-17(12-28-20)15-6-7-26-21(11-15)31(22-13-25-8-9-27-22)14-18-3-2-16(10-19(18)24)23(32)29-33/h2-13,33H,14H2,1H3,(H,28,30)(H,29,32). The molecule has 11 nitrogen and oxygen atoms in total. The maximum atomic E-state index is 14.8. The molecule has 4 aromatic rings. The van der Waals surface area contributed by atoms with Crippen LogP contribution in [0.25, 0.3) is 11.1 Å². The van der Waals surface area contributed by atoms with Gasteiger partial charge in [0, 0.05) is 41.5 Å². The number of carbonyl (C=O) groups is 1. The molecule has 0 bridgehead atoms. The van der Waals surface area contributed by atoms with Crippen LogP contribution in [-0.2, 0) is 16.6 Å². The average Bonchev–Trinajstić information content (AvgIpc) is 2.87. The van der Waals surface area contributed by atoms with E-state index in [0.29, 0.717) is 17.2 Å². The van der Waals surface area contributed by atoms with E-state index in [1.54, 1.807) is 29.3 Å². The lowest BCUT2D eigenvalue weighted by Crippen LogP contribution is -2.21. The molecule has 0 saturated carbocycles. The summed E-state index contributed by atoms with van der Waals surface area (Å²) in [5.74, 6) is -0.454. The first kappa shape index (κ1) is 24.6. The molecule has 0 saturated heterocycles. The van der Waals surface area contributed by atoms with Gasteiger partial charge in [0.15, 0.2) is 5.82 Å². The van der Waals surface area contributed by atoms with Gasteiger partial charge in [-0.2, -0.15) is 0 Å². The van der Waals surface area contributed by atoms with Gasteiger partial charge in [0.2, 0.25) is 10.0 Å². The molecule has 3 N–H and O–H groups in total. The Balaban J connectivity index is 1.68. The number of hydrogen-bond donors (Lipinski definition) is 3. The van der Waals surface area contributed by atoms with Crippen LogP contribution in [0.1, 0.15) is 15.9 Å². The Kier molecular flexibility index (Phi) is 7.12. The van der Waals surface area contributed by atoms with Gasteiger partial charge in [-0.15, -0.1) is 0 Å². The fourth-order valence-electron chi connectivity index (χ4n) is 3.32. The van der Waals surface area contributed by atoms with E-state index < -0.39 is 21.7 Å². The molecule has 0 unspecified atom stereocenters. The minimum atomic E-state index is -3.45. The van der Waals surface area contributed by atoms with Crippen molar-refractivity contribution in [1.82, 2.24) is 25.4 Å². The summed E-state index contributed by atoms with van der Waals surface area (Å²) in [5.41, 5.74) is 3.11. The van der Waals surface area contributed by atoms with Crippen molar-refractivity contribution in [2.24, 2.45) is 0 Å². The number of anilines is 3. The van der Waals surface area contributed by atoms with Crippen molar-refractivity contribution in [1.29, 1.82) is 0 Å². The van der Waals surface area contributed by atoms with Crippen LogP contribution in [-0.4, -0.2) is 45.7 Å². The Morgan fingerprint density at radius 2 is 1.78 bits per heavy atom. The van der Waals surface area contributed by atoms with Gasteiger partial charge in [-0.25, -0.2) is 33.2 Å². The van der Waals surface area contributed by atoms with Gasteiger partial charge in [-0.05, 0) is 42.0 Å². The summed E-state index contributed by atoms with van der Waals surface area (Å²) in [4.78, 5) is 30.2. The van der Waals surface area contributed by atoms with E-state index in [-0.39, 0.29) is 23.5 Å². The third-order valence-corrected chi connectivity index (χ3v) is 5.56. The summed E-state index contributed by atoms with van der Waals surface area (Å²) in [7, 11) is -3.45. The van der Waals surface area contributed by atoms with Gasteiger partial charge >= 0.3 is 0 Å². The smallest absolute Gasteiger partial charge is 0.274 e. The number of benzene rings is 1. The number of amides is 1. The highest BCUT2D eigenvalue weighted by atomic mass is 32.2. The van der Waals surface area contributed by atoms with E-state index in [9.17, 15) is 17.6 Å². The predicted molar refractivity (Wildman–Crippen MR) is 129 cm³/mol. The fraction of sp³-hybridized carbons (Fsp3) is 0.0870. The van der Waals surface area contributed by atoms with Crippen molar-refractivity contribution in [3.8, 4) is 11.1 Å². The predicted octanol–water partition coefficient (Wildman–Crippen LogP) is 2.90. The summed E-state index contributed by atoms with van der Waals surface area (Å²) in [6, 6.07) is 10.6. The third kappa shape index (κ3) is 5.95. The first-order chi connectivity index (χ1) is 17.2. The van der Waals surface area contributed by atoms with Crippen LogP contribution in [0, 0.1) is 5.82 Å². The molecule has 0 atom stereocenters. The number of hydrogen-bond acceptors (Lipinski definition) is 9. The van der Waals surface area contributed by atoms with E-state index >= 15 is 0 Å². The third-order valence-electron chi connectivity index (χ3n) is 4.98. The second-order valence-corrected chi connectivity index (χ2v) is 9.35. The van der Waals surface area contributed by atoms with Crippen LogP contribution in [0.2, 0.25) is 0 Å². The Morgan fingerprint density at radius 3 is 2.42 bits per heavy atom. The Morgan fingerprint density at radius 1 is 0.972 bits per heavy atom. The second kappa shape index (κ2) is 10.4. The normalized spacial score (nSPS) is 11.1. The molecule has 3 heterocycles. The summed E-state index contributed by atoms with van der Waals surface area (Å²) in [6.07, 6.45) is 8.63. The van der Waals surface area contributed by atoms with Gasteiger partial charge in [0.25, 0.3) is 5.91 Å². The summed E-state index contributed by atoms with van der Waals surface area (Å²) in [6.45, 7) is 0.0114. The highest BCUT2D eigenvalue weighted by molar-refractivity contribution is 7.92. The van der Waals surface area contributed by atoms with Crippen LogP contribution in [0.4, 0.5) is 21.8 Å². The van der Waals surface area contributed by atoms with Crippen LogP contribution in [0.3, 0.4) is 0 Å². The van der Waals surface area contributed by atoms with Crippen LogP contribution in [0.15, 0.2) is 73.4 Å². The number of rotatable bonds is 8. The van der Waals surface area contributed by atoms with Crippen molar-refractivity contribution < 1.29 is 22.8 Å². The maximum Gasteiger partial charge on any atom is 0.274 e. The van der Waals surface area contributed by atoms with E-state index in [0.717, 1.165) is 17.9 Å². The van der Waals surface area contributed by atoms with Crippen molar-refractivity contribution >= 4 is 33.4 Å². The SMILES string of the molecule is CS(=O)(=O)Nc1ccc(-c2ccnc(N(Cc3ccc(C(=O)NO)cc3F)c3cnccn3)c2)cn1. The largest absolute Gasteiger partial charge is 0.305 e. The fourth-order valence-corrected chi connectivity index (χ4v) is 3.82. The number of nitrogens with one attached hydrogen (secondary N) is 2. The number of sulfonamides is 1. The molecule has 4 rings (SSSR count). The molecule has 1 aromatic carbocycles. The molecule has 0 fully saturated rings. The molecule has 0 aliphatic carbocycles. The first-order valence-corrected chi connectivity index (χ1v) is 12.3. The lowest BCUT2D eigenvalue weighted by atomic mass is 10.1. The van der Waals surface area contributed by atoms with Crippen molar-refractivity contribution in [2.75, 3.05) is 15.9 Å². The molecule has 1 amide bonds. The number of aromatic nitrogens is 4. The number of nitrogens with zero attached hydrogens (tertiary/aromatic N) is 5. The topological polar surface area (TPSA) is 150 Å². The maximum absolute atomic E-state index is 14.8. The molecule has 0 aliphatic heterocycles. The van der Waals surface area contributed by atoms with E-state index in [1.165, 1.54) is 48.5 Å². The Bertz CT molecular complexity index is 1490. The number of pyridine rings is 2. The van der Waals surface area contributed by atoms with Crippen LogP contribution >= 0.6 is 0 Å². The summed E-state index contributed by atoms with van der Waals surface area (Å²) >= 11 is 0. The van der Waals surface area contributed by atoms with Crippen LogP contribution < -0.4 is 15.1 Å². The van der Waals surface area contributed by atoms with E-state index in [4.69, 9.17) is 5.21 Å². The van der Waals surface area contributed by atoms with E-state index in [2.05, 4.69) is 24.7 Å². The van der Waals surface area contributed by atoms with Gasteiger partial charge in [0.1, 0.15) is 17.5 Å². The number of halogens is 1. The summed E-state index contributed by atoms with van der Waals surface area (Å²) in [5, 5.41) is 8.79. The quantitative estimate of drug-likeness (QED) is 0.241. The van der Waals surface area contributed by atoms with Gasteiger partial charge in [-0.3, -0.25) is 19.7 Å². The lowest BCUT2D eigenvalue weighted by Gasteiger charge is -2.23. The van der Waals surface area contributed by atoms with Gasteiger partial charge < -0.3 is 4.90 Å². The molecular formula is C23H20FN7O4S. The highest BCUT2D eigenvalue weighted by Crippen LogP contribution is 2.29. The Labute approximate surface area is 205 Å². The monoisotopic (exact) mass is 509 g/mol. The van der Waals surface area contributed by atoms with Gasteiger partial charge in [-0.1, -0.05) is 6.07 Å². The van der Waals surface area contributed by atoms with Crippen molar-refractivity contribution in [2.45, 2.75) is 6.54 Å². The molecular weight excluding hydrogens is 489 g/mol. The molecule has 13 heteroatoms. The number of carbonyl (C=O) groups excluding carboxylic acids is 1. The van der Waals surface area contributed by atoms with Crippen LogP contribution in [0.5, 0.6) is 0 Å². The Hall–Kier alpha value is -4.49. The van der Waals surface area contributed by atoms with E-state index in [1.807, 2.05) is 0 Å².